The van der Waals surface area contributed by atoms with E-state index in [1.54, 1.807) is 7.11 Å². The number of thioether (sulfide) groups is 1. The first-order valence-electron chi connectivity index (χ1n) is 7.49. The molecule has 4 nitrogen and oxygen atoms in total. The molecule has 0 heterocycles. The van der Waals surface area contributed by atoms with Crippen molar-refractivity contribution in [3.8, 4) is 5.75 Å². The van der Waals surface area contributed by atoms with Gasteiger partial charge in [0.25, 0.3) is 0 Å². The Labute approximate surface area is 155 Å². The summed E-state index contributed by atoms with van der Waals surface area (Å²) in [5.74, 6) is 1.09. The lowest BCUT2D eigenvalue weighted by molar-refractivity contribution is -0.113. The molecule has 0 radical (unpaired) electrons. The standard InChI is InChI=1S/C18H20BrNO3S/c1-13-11-14(19)3-8-17(13)24-12-18(21)20-15-4-6-16(7-5-15)23-10-9-22-2/h3-8,11H,9-10,12H2,1-2H3,(H,20,21). The van der Waals surface area contributed by atoms with Gasteiger partial charge in [-0.3, -0.25) is 4.79 Å². The first kappa shape index (κ1) is 18.8. The first-order chi connectivity index (χ1) is 11.6. The molecule has 0 saturated heterocycles. The van der Waals surface area contributed by atoms with Gasteiger partial charge < -0.3 is 14.8 Å². The van der Waals surface area contributed by atoms with Crippen LogP contribution >= 0.6 is 27.7 Å². The van der Waals surface area contributed by atoms with Crippen LogP contribution < -0.4 is 10.1 Å². The zero-order chi connectivity index (χ0) is 17.4. The maximum Gasteiger partial charge on any atom is 0.234 e. The fourth-order valence-corrected chi connectivity index (χ4v) is 3.28. The second-order valence-corrected chi connectivity index (χ2v) is 7.05. The second kappa shape index (κ2) is 9.71. The van der Waals surface area contributed by atoms with Crippen molar-refractivity contribution in [2.45, 2.75) is 11.8 Å². The number of benzene rings is 2. The number of rotatable bonds is 8. The molecular weight excluding hydrogens is 390 g/mol. The molecule has 0 bridgehead atoms. The molecular formula is C18H20BrNO3S. The summed E-state index contributed by atoms with van der Waals surface area (Å²) in [4.78, 5) is 13.2. The Balaban J connectivity index is 1.81. The van der Waals surface area contributed by atoms with E-state index in [2.05, 4.69) is 21.2 Å². The van der Waals surface area contributed by atoms with Crippen molar-refractivity contribution in [3.63, 3.8) is 0 Å². The molecule has 1 amide bonds. The Hall–Kier alpha value is -1.50. The Morgan fingerprint density at radius 3 is 2.58 bits per heavy atom. The lowest BCUT2D eigenvalue weighted by atomic mass is 10.2. The lowest BCUT2D eigenvalue weighted by Crippen LogP contribution is -2.14. The normalized spacial score (nSPS) is 10.5. The van der Waals surface area contributed by atoms with Crippen LogP contribution in [0.25, 0.3) is 0 Å². The highest BCUT2D eigenvalue weighted by molar-refractivity contribution is 9.10. The smallest absolute Gasteiger partial charge is 0.234 e. The van der Waals surface area contributed by atoms with Gasteiger partial charge in [-0.2, -0.15) is 0 Å². The van der Waals surface area contributed by atoms with E-state index in [1.165, 1.54) is 11.8 Å². The van der Waals surface area contributed by atoms with Crippen LogP contribution in [-0.4, -0.2) is 32.0 Å². The van der Waals surface area contributed by atoms with E-state index in [9.17, 15) is 4.79 Å². The van der Waals surface area contributed by atoms with E-state index in [0.717, 1.165) is 26.4 Å². The molecule has 0 saturated carbocycles. The largest absolute Gasteiger partial charge is 0.491 e. The molecule has 0 fully saturated rings. The molecule has 0 spiro atoms. The Morgan fingerprint density at radius 2 is 1.92 bits per heavy atom. The van der Waals surface area contributed by atoms with Gasteiger partial charge in [0.2, 0.25) is 5.91 Å². The predicted octanol–water partition coefficient (Wildman–Crippen LogP) is 4.51. The molecule has 0 atom stereocenters. The van der Waals surface area contributed by atoms with E-state index >= 15 is 0 Å². The SMILES string of the molecule is COCCOc1ccc(NC(=O)CSc2ccc(Br)cc2C)cc1. The minimum Gasteiger partial charge on any atom is -0.491 e. The van der Waals surface area contributed by atoms with E-state index in [1.807, 2.05) is 49.4 Å². The van der Waals surface area contributed by atoms with Gasteiger partial charge >= 0.3 is 0 Å². The number of hydrogen-bond acceptors (Lipinski definition) is 4. The summed E-state index contributed by atoms with van der Waals surface area (Å²) >= 11 is 4.97. The van der Waals surface area contributed by atoms with E-state index in [-0.39, 0.29) is 5.91 Å². The molecule has 0 aliphatic heterocycles. The molecule has 0 aliphatic carbocycles. The summed E-state index contributed by atoms with van der Waals surface area (Å²) in [6.07, 6.45) is 0. The minimum atomic E-state index is -0.0321. The Bertz CT molecular complexity index is 676. The number of hydrogen-bond donors (Lipinski definition) is 1. The maximum atomic E-state index is 12.1. The highest BCUT2D eigenvalue weighted by Crippen LogP contribution is 2.25. The topological polar surface area (TPSA) is 47.6 Å². The fraction of sp³-hybridized carbons (Fsp3) is 0.278. The van der Waals surface area contributed by atoms with Crippen LogP contribution in [-0.2, 0) is 9.53 Å². The minimum absolute atomic E-state index is 0.0321. The van der Waals surface area contributed by atoms with Crippen molar-refractivity contribution in [1.82, 2.24) is 0 Å². The van der Waals surface area contributed by atoms with Gasteiger partial charge in [-0.15, -0.1) is 11.8 Å². The Kier molecular flexibility index (Phi) is 7.62. The van der Waals surface area contributed by atoms with Crippen LogP contribution in [0.4, 0.5) is 5.69 Å². The van der Waals surface area contributed by atoms with Crippen molar-refractivity contribution in [3.05, 3.63) is 52.5 Å². The van der Waals surface area contributed by atoms with Crippen LogP contribution in [0.1, 0.15) is 5.56 Å². The summed E-state index contributed by atoms with van der Waals surface area (Å²) in [6, 6.07) is 13.4. The predicted molar refractivity (Wildman–Crippen MR) is 102 cm³/mol. The van der Waals surface area contributed by atoms with E-state index < -0.39 is 0 Å². The van der Waals surface area contributed by atoms with Crippen LogP contribution in [0.2, 0.25) is 0 Å². The van der Waals surface area contributed by atoms with Crippen molar-refractivity contribution in [1.29, 1.82) is 0 Å². The van der Waals surface area contributed by atoms with Gasteiger partial charge in [0, 0.05) is 22.2 Å². The Morgan fingerprint density at radius 1 is 1.17 bits per heavy atom. The molecule has 6 heteroatoms. The first-order valence-corrected chi connectivity index (χ1v) is 9.27. The van der Waals surface area contributed by atoms with Crippen LogP contribution in [0.5, 0.6) is 5.75 Å². The highest BCUT2D eigenvalue weighted by atomic mass is 79.9. The van der Waals surface area contributed by atoms with Gasteiger partial charge in [0.15, 0.2) is 0 Å². The summed E-state index contributed by atoms with van der Waals surface area (Å²) in [5, 5.41) is 2.89. The maximum absolute atomic E-state index is 12.1. The summed E-state index contributed by atoms with van der Waals surface area (Å²) in [6.45, 7) is 3.09. The number of amides is 1. The zero-order valence-electron chi connectivity index (χ0n) is 13.7. The molecule has 2 aromatic rings. The third-order valence-corrected chi connectivity index (χ3v) is 4.86. The number of methoxy groups -OCH3 is 1. The number of carbonyl (C=O) groups is 1. The van der Waals surface area contributed by atoms with Crippen molar-refractivity contribution in [2.24, 2.45) is 0 Å². The zero-order valence-corrected chi connectivity index (χ0v) is 16.1. The quantitative estimate of drug-likeness (QED) is 0.514. The van der Waals surface area contributed by atoms with Gasteiger partial charge in [0.1, 0.15) is 12.4 Å². The molecule has 1 N–H and O–H groups in total. The molecule has 0 aromatic heterocycles. The summed E-state index contributed by atoms with van der Waals surface area (Å²) in [5.41, 5.74) is 1.91. The van der Waals surface area contributed by atoms with Crippen molar-refractivity contribution < 1.29 is 14.3 Å². The van der Waals surface area contributed by atoms with Crippen molar-refractivity contribution in [2.75, 3.05) is 31.4 Å². The third-order valence-electron chi connectivity index (χ3n) is 3.19. The van der Waals surface area contributed by atoms with Gasteiger partial charge in [-0.05, 0) is 55.0 Å². The van der Waals surface area contributed by atoms with Gasteiger partial charge in [-0.1, -0.05) is 15.9 Å². The number of ether oxygens (including phenoxy) is 2. The highest BCUT2D eigenvalue weighted by Gasteiger charge is 2.06. The average Bonchev–Trinajstić information content (AvgIpc) is 2.56. The molecule has 2 rings (SSSR count). The van der Waals surface area contributed by atoms with Crippen LogP contribution in [0, 0.1) is 6.92 Å². The second-order valence-electron chi connectivity index (χ2n) is 5.11. The molecule has 24 heavy (non-hydrogen) atoms. The number of carbonyl (C=O) groups excluding carboxylic acids is 1. The van der Waals surface area contributed by atoms with Gasteiger partial charge in [0.05, 0.1) is 12.4 Å². The summed E-state index contributed by atoms with van der Waals surface area (Å²) < 4.78 is 11.5. The van der Waals surface area contributed by atoms with E-state index in [4.69, 9.17) is 9.47 Å². The van der Waals surface area contributed by atoms with Crippen molar-refractivity contribution >= 4 is 39.3 Å². The molecule has 0 unspecified atom stereocenters. The molecule has 0 aliphatic rings. The number of aryl methyl sites for hydroxylation is 1. The van der Waals surface area contributed by atoms with E-state index in [0.29, 0.717) is 19.0 Å². The molecule has 2 aromatic carbocycles. The number of anilines is 1. The summed E-state index contributed by atoms with van der Waals surface area (Å²) in [7, 11) is 1.63. The van der Waals surface area contributed by atoms with Crippen LogP contribution in [0.15, 0.2) is 51.8 Å². The monoisotopic (exact) mass is 409 g/mol. The third kappa shape index (κ3) is 6.19. The lowest BCUT2D eigenvalue weighted by Gasteiger charge is -2.09. The number of halogens is 1. The van der Waals surface area contributed by atoms with Crippen LogP contribution in [0.3, 0.4) is 0 Å². The average molecular weight is 410 g/mol. The number of nitrogens with one attached hydrogen (secondary N) is 1. The fourth-order valence-electron chi connectivity index (χ4n) is 1.99. The van der Waals surface area contributed by atoms with Gasteiger partial charge in [-0.25, -0.2) is 0 Å². The molecule has 128 valence electrons.